The first-order valence-electron chi connectivity index (χ1n) is 8.86. The SMILES string of the molecule is COc1ccc(C2CCCCCN2CC(=O)Nc2sccc2C#N)cc1. The number of methoxy groups -OCH3 is 1. The Bertz CT molecular complexity index is 779. The zero-order valence-electron chi connectivity index (χ0n) is 14.9. The number of nitriles is 1. The van der Waals surface area contributed by atoms with E-state index < -0.39 is 0 Å². The Morgan fingerprint density at radius 2 is 2.12 bits per heavy atom. The number of carbonyl (C=O) groups excluding carboxylic acids is 1. The number of anilines is 1. The molecule has 1 unspecified atom stereocenters. The minimum atomic E-state index is -0.0654. The molecule has 3 rings (SSSR count). The highest BCUT2D eigenvalue weighted by Crippen LogP contribution is 2.31. The van der Waals surface area contributed by atoms with Crippen LogP contribution in [0, 0.1) is 11.3 Å². The highest BCUT2D eigenvalue weighted by molar-refractivity contribution is 7.14. The fourth-order valence-corrected chi connectivity index (χ4v) is 4.16. The Morgan fingerprint density at radius 1 is 1.31 bits per heavy atom. The molecule has 2 heterocycles. The third kappa shape index (κ3) is 4.43. The summed E-state index contributed by atoms with van der Waals surface area (Å²) in [6.45, 7) is 1.24. The number of thiophene rings is 1. The van der Waals surface area contributed by atoms with Gasteiger partial charge >= 0.3 is 0 Å². The van der Waals surface area contributed by atoms with Crippen LogP contribution in [0.2, 0.25) is 0 Å². The van der Waals surface area contributed by atoms with E-state index in [4.69, 9.17) is 10.00 Å². The maximum atomic E-state index is 12.6. The average molecular weight is 369 g/mol. The van der Waals surface area contributed by atoms with Crippen molar-refractivity contribution in [2.75, 3.05) is 25.5 Å². The maximum Gasteiger partial charge on any atom is 0.239 e. The molecule has 1 N–H and O–H groups in total. The molecule has 0 aliphatic carbocycles. The smallest absolute Gasteiger partial charge is 0.239 e. The number of ether oxygens (including phenoxy) is 1. The van der Waals surface area contributed by atoms with Crippen LogP contribution in [0.3, 0.4) is 0 Å². The molecular formula is C20H23N3O2S. The van der Waals surface area contributed by atoms with Crippen LogP contribution >= 0.6 is 11.3 Å². The van der Waals surface area contributed by atoms with Crippen LogP contribution in [-0.2, 0) is 4.79 Å². The van der Waals surface area contributed by atoms with Crippen LogP contribution < -0.4 is 10.1 Å². The van der Waals surface area contributed by atoms with Gasteiger partial charge in [-0.05, 0) is 48.5 Å². The first-order chi connectivity index (χ1) is 12.7. The molecule has 0 saturated carbocycles. The molecule has 1 aliphatic heterocycles. The summed E-state index contributed by atoms with van der Waals surface area (Å²) in [6, 6.07) is 12.2. The van der Waals surface area contributed by atoms with Gasteiger partial charge < -0.3 is 10.1 Å². The Balaban J connectivity index is 1.71. The Morgan fingerprint density at radius 3 is 2.85 bits per heavy atom. The first kappa shape index (κ1) is 18.4. The molecule has 0 spiro atoms. The van der Waals surface area contributed by atoms with Crippen LogP contribution in [0.15, 0.2) is 35.7 Å². The summed E-state index contributed by atoms with van der Waals surface area (Å²) in [4.78, 5) is 14.8. The molecule has 1 aliphatic rings. The lowest BCUT2D eigenvalue weighted by Crippen LogP contribution is -2.36. The van der Waals surface area contributed by atoms with Gasteiger partial charge in [-0.1, -0.05) is 25.0 Å². The van der Waals surface area contributed by atoms with E-state index in [1.807, 2.05) is 17.5 Å². The molecular weight excluding hydrogens is 346 g/mol. The molecule has 1 aromatic carbocycles. The van der Waals surface area contributed by atoms with Gasteiger partial charge in [0.25, 0.3) is 0 Å². The van der Waals surface area contributed by atoms with Crippen LogP contribution in [0.1, 0.15) is 42.9 Å². The molecule has 26 heavy (non-hydrogen) atoms. The number of benzene rings is 1. The van der Waals surface area contributed by atoms with Crippen molar-refractivity contribution in [3.8, 4) is 11.8 Å². The summed E-state index contributed by atoms with van der Waals surface area (Å²) in [5.41, 5.74) is 1.74. The third-order valence-electron chi connectivity index (χ3n) is 4.75. The van der Waals surface area contributed by atoms with E-state index in [-0.39, 0.29) is 11.9 Å². The van der Waals surface area contributed by atoms with E-state index in [1.165, 1.54) is 29.7 Å². The molecule has 1 saturated heterocycles. The Kier molecular flexibility index (Phi) is 6.26. The summed E-state index contributed by atoms with van der Waals surface area (Å²) in [7, 11) is 1.66. The van der Waals surface area contributed by atoms with E-state index in [9.17, 15) is 4.79 Å². The first-order valence-corrected chi connectivity index (χ1v) is 9.74. The number of amides is 1. The van der Waals surface area contributed by atoms with Gasteiger partial charge in [0.05, 0.1) is 19.2 Å². The van der Waals surface area contributed by atoms with Crippen molar-refractivity contribution in [1.82, 2.24) is 4.90 Å². The second kappa shape index (κ2) is 8.84. The molecule has 0 radical (unpaired) electrons. The van der Waals surface area contributed by atoms with Crippen LogP contribution in [0.5, 0.6) is 5.75 Å². The van der Waals surface area contributed by atoms with Gasteiger partial charge in [0, 0.05) is 6.04 Å². The van der Waals surface area contributed by atoms with Gasteiger partial charge in [-0.15, -0.1) is 11.3 Å². The largest absolute Gasteiger partial charge is 0.497 e. The molecule has 1 atom stereocenters. The van der Waals surface area contributed by atoms with Gasteiger partial charge in [-0.3, -0.25) is 9.69 Å². The van der Waals surface area contributed by atoms with E-state index in [1.54, 1.807) is 13.2 Å². The zero-order valence-corrected chi connectivity index (χ0v) is 15.7. The van der Waals surface area contributed by atoms with Gasteiger partial charge in [-0.2, -0.15) is 5.26 Å². The highest BCUT2D eigenvalue weighted by atomic mass is 32.1. The minimum Gasteiger partial charge on any atom is -0.497 e. The summed E-state index contributed by atoms with van der Waals surface area (Å²) in [6.07, 6.45) is 4.50. The van der Waals surface area contributed by atoms with Crippen molar-refractivity contribution < 1.29 is 9.53 Å². The van der Waals surface area contributed by atoms with Gasteiger partial charge in [0.1, 0.15) is 16.8 Å². The van der Waals surface area contributed by atoms with E-state index in [0.29, 0.717) is 17.1 Å². The predicted molar refractivity (Wildman–Crippen MR) is 103 cm³/mol. The third-order valence-corrected chi connectivity index (χ3v) is 5.58. The maximum absolute atomic E-state index is 12.6. The standard InChI is InChI=1S/C20H23N3O2S/c1-25-17-8-6-15(7-9-17)18-5-3-2-4-11-23(18)14-19(24)22-20-16(13-21)10-12-26-20/h6-10,12,18H,2-5,11,14H2,1H3,(H,22,24). The number of carbonyl (C=O) groups is 1. The number of hydrogen-bond donors (Lipinski definition) is 1. The fraction of sp³-hybridized carbons (Fsp3) is 0.400. The van der Waals surface area contributed by atoms with Gasteiger partial charge in [0.15, 0.2) is 0 Å². The normalized spacial score (nSPS) is 17.9. The molecule has 1 aromatic heterocycles. The van der Waals surface area contributed by atoms with E-state index >= 15 is 0 Å². The van der Waals surface area contributed by atoms with Crippen molar-refractivity contribution in [3.05, 3.63) is 46.8 Å². The van der Waals surface area contributed by atoms with Crippen LogP contribution in [-0.4, -0.2) is 31.0 Å². The van der Waals surface area contributed by atoms with Crippen molar-refractivity contribution in [3.63, 3.8) is 0 Å². The number of likely N-dealkylation sites (tertiary alicyclic amines) is 1. The molecule has 1 amide bonds. The van der Waals surface area contributed by atoms with Crippen molar-refractivity contribution in [1.29, 1.82) is 5.26 Å². The average Bonchev–Trinajstić information content (AvgIpc) is 2.98. The molecule has 6 heteroatoms. The van der Waals surface area contributed by atoms with Crippen LogP contribution in [0.4, 0.5) is 5.00 Å². The lowest BCUT2D eigenvalue weighted by molar-refractivity contribution is -0.117. The van der Waals surface area contributed by atoms with Crippen LogP contribution in [0.25, 0.3) is 0 Å². The lowest BCUT2D eigenvalue weighted by atomic mass is 10.0. The molecule has 2 aromatic rings. The quantitative estimate of drug-likeness (QED) is 0.858. The molecule has 1 fully saturated rings. The summed E-state index contributed by atoms with van der Waals surface area (Å²) in [5, 5.41) is 14.4. The summed E-state index contributed by atoms with van der Waals surface area (Å²) < 4.78 is 5.25. The van der Waals surface area contributed by atoms with Crippen molar-refractivity contribution in [2.45, 2.75) is 31.7 Å². The van der Waals surface area contributed by atoms with E-state index in [0.717, 1.165) is 25.1 Å². The minimum absolute atomic E-state index is 0.0654. The van der Waals surface area contributed by atoms with E-state index in [2.05, 4.69) is 28.4 Å². The van der Waals surface area contributed by atoms with Crippen molar-refractivity contribution >= 4 is 22.2 Å². The fourth-order valence-electron chi connectivity index (χ4n) is 3.41. The summed E-state index contributed by atoms with van der Waals surface area (Å²) >= 11 is 1.38. The summed E-state index contributed by atoms with van der Waals surface area (Å²) in [5.74, 6) is 0.776. The lowest BCUT2D eigenvalue weighted by Gasteiger charge is -2.29. The number of hydrogen-bond acceptors (Lipinski definition) is 5. The topological polar surface area (TPSA) is 65.4 Å². The number of nitrogens with zero attached hydrogens (tertiary/aromatic N) is 2. The second-order valence-electron chi connectivity index (χ2n) is 6.43. The zero-order chi connectivity index (χ0) is 18.4. The monoisotopic (exact) mass is 369 g/mol. The number of rotatable bonds is 5. The predicted octanol–water partition coefficient (Wildman–Crippen LogP) is 4.18. The molecule has 5 nitrogen and oxygen atoms in total. The molecule has 136 valence electrons. The van der Waals surface area contributed by atoms with Crippen molar-refractivity contribution in [2.24, 2.45) is 0 Å². The second-order valence-corrected chi connectivity index (χ2v) is 7.35. The molecule has 0 bridgehead atoms. The van der Waals surface area contributed by atoms with Gasteiger partial charge in [0.2, 0.25) is 5.91 Å². The number of nitrogens with one attached hydrogen (secondary N) is 1. The highest BCUT2D eigenvalue weighted by Gasteiger charge is 2.25. The van der Waals surface area contributed by atoms with Gasteiger partial charge in [-0.25, -0.2) is 0 Å². The Labute approximate surface area is 158 Å². The Hall–Kier alpha value is -2.36.